The number of nitriles is 1. The molecule has 0 amide bonds. The van der Waals surface area contributed by atoms with Crippen molar-refractivity contribution in [2.24, 2.45) is 5.92 Å². The fourth-order valence-corrected chi connectivity index (χ4v) is 2.19. The van der Waals surface area contributed by atoms with Crippen molar-refractivity contribution in [1.29, 1.82) is 5.26 Å². The van der Waals surface area contributed by atoms with Gasteiger partial charge in [-0.2, -0.15) is 10.4 Å². The molecular formula is C15H17N3. The van der Waals surface area contributed by atoms with E-state index in [-0.39, 0.29) is 0 Å². The minimum atomic E-state index is 0.293. The summed E-state index contributed by atoms with van der Waals surface area (Å²) in [6, 6.07) is 10.7. The molecule has 0 aliphatic heterocycles. The van der Waals surface area contributed by atoms with E-state index >= 15 is 0 Å². The Bertz CT molecular complexity index is 535. The standard InChI is InChI=1S/C15H17N3/c1-11(2)15(6-7-16)13-5-3-4-12(8-13)14-9-17-18-10-14/h3-5,8-11,15H,6H2,1-2H3,(H,17,18). The number of nitrogens with zero attached hydrogens (tertiary/aromatic N) is 2. The minimum Gasteiger partial charge on any atom is -0.285 e. The van der Waals surface area contributed by atoms with Gasteiger partial charge in [0.05, 0.1) is 12.3 Å². The molecule has 1 N–H and O–H groups in total. The summed E-state index contributed by atoms with van der Waals surface area (Å²) in [5.41, 5.74) is 3.45. The van der Waals surface area contributed by atoms with Crippen LogP contribution in [0.15, 0.2) is 36.7 Å². The van der Waals surface area contributed by atoms with Crippen LogP contribution in [0.4, 0.5) is 0 Å². The summed E-state index contributed by atoms with van der Waals surface area (Å²) in [7, 11) is 0. The summed E-state index contributed by atoms with van der Waals surface area (Å²) in [6.07, 6.45) is 4.26. The van der Waals surface area contributed by atoms with Crippen molar-refractivity contribution < 1.29 is 0 Å². The second-order valence-electron chi connectivity index (χ2n) is 4.83. The number of hydrogen-bond acceptors (Lipinski definition) is 2. The van der Waals surface area contributed by atoms with Gasteiger partial charge in [-0.25, -0.2) is 0 Å². The molecule has 3 nitrogen and oxygen atoms in total. The van der Waals surface area contributed by atoms with Crippen molar-refractivity contribution in [2.45, 2.75) is 26.2 Å². The van der Waals surface area contributed by atoms with Crippen LogP contribution in [0.5, 0.6) is 0 Å². The van der Waals surface area contributed by atoms with Gasteiger partial charge in [-0.05, 0) is 23.0 Å². The zero-order chi connectivity index (χ0) is 13.0. The van der Waals surface area contributed by atoms with E-state index in [2.05, 4.69) is 48.3 Å². The Hall–Kier alpha value is -2.08. The Balaban J connectivity index is 2.34. The molecule has 0 spiro atoms. The summed E-state index contributed by atoms with van der Waals surface area (Å²) in [4.78, 5) is 0. The molecule has 0 aliphatic carbocycles. The van der Waals surface area contributed by atoms with Crippen molar-refractivity contribution in [3.05, 3.63) is 42.2 Å². The Morgan fingerprint density at radius 2 is 2.17 bits per heavy atom. The van der Waals surface area contributed by atoms with Crippen molar-refractivity contribution in [1.82, 2.24) is 10.2 Å². The van der Waals surface area contributed by atoms with E-state index in [9.17, 15) is 0 Å². The van der Waals surface area contributed by atoms with Crippen LogP contribution in [0.25, 0.3) is 11.1 Å². The van der Waals surface area contributed by atoms with Crippen LogP contribution in [-0.2, 0) is 0 Å². The second kappa shape index (κ2) is 5.50. The van der Waals surface area contributed by atoms with Gasteiger partial charge in [0, 0.05) is 18.2 Å². The van der Waals surface area contributed by atoms with Gasteiger partial charge in [-0.15, -0.1) is 0 Å². The number of aromatic nitrogens is 2. The quantitative estimate of drug-likeness (QED) is 0.883. The van der Waals surface area contributed by atoms with Crippen molar-refractivity contribution in [2.75, 3.05) is 0 Å². The number of aromatic amines is 1. The zero-order valence-electron chi connectivity index (χ0n) is 10.7. The molecule has 0 saturated carbocycles. The minimum absolute atomic E-state index is 0.293. The normalized spacial score (nSPS) is 12.3. The highest BCUT2D eigenvalue weighted by Crippen LogP contribution is 2.30. The molecule has 0 saturated heterocycles. The van der Waals surface area contributed by atoms with E-state index < -0.39 is 0 Å². The zero-order valence-corrected chi connectivity index (χ0v) is 10.7. The number of nitrogens with one attached hydrogen (secondary N) is 1. The van der Waals surface area contributed by atoms with Gasteiger partial charge in [0.1, 0.15) is 0 Å². The van der Waals surface area contributed by atoms with Crippen LogP contribution < -0.4 is 0 Å². The van der Waals surface area contributed by atoms with Gasteiger partial charge < -0.3 is 0 Å². The lowest BCUT2D eigenvalue weighted by Crippen LogP contribution is -2.06. The van der Waals surface area contributed by atoms with Gasteiger partial charge in [0.2, 0.25) is 0 Å². The van der Waals surface area contributed by atoms with Gasteiger partial charge in [0.25, 0.3) is 0 Å². The van der Waals surface area contributed by atoms with Crippen LogP contribution in [0.2, 0.25) is 0 Å². The van der Waals surface area contributed by atoms with E-state index in [1.807, 2.05) is 18.5 Å². The molecule has 2 rings (SSSR count). The molecule has 0 fully saturated rings. The SMILES string of the molecule is CC(C)C(CC#N)c1cccc(-c2cn[nH]c2)c1. The average Bonchev–Trinajstić information content (AvgIpc) is 2.89. The molecule has 1 unspecified atom stereocenters. The molecule has 92 valence electrons. The van der Waals surface area contributed by atoms with Crippen molar-refractivity contribution >= 4 is 0 Å². The molecule has 1 heterocycles. The van der Waals surface area contributed by atoms with Crippen LogP contribution in [0.3, 0.4) is 0 Å². The third-order valence-electron chi connectivity index (χ3n) is 3.26. The first-order valence-corrected chi connectivity index (χ1v) is 6.18. The highest BCUT2D eigenvalue weighted by Gasteiger charge is 2.16. The largest absolute Gasteiger partial charge is 0.285 e. The summed E-state index contributed by atoms with van der Waals surface area (Å²) in [6.45, 7) is 4.32. The third-order valence-corrected chi connectivity index (χ3v) is 3.26. The summed E-state index contributed by atoms with van der Waals surface area (Å²) < 4.78 is 0. The van der Waals surface area contributed by atoms with Crippen molar-refractivity contribution in [3.63, 3.8) is 0 Å². The number of hydrogen-bond donors (Lipinski definition) is 1. The van der Waals surface area contributed by atoms with E-state index in [0.717, 1.165) is 11.1 Å². The topological polar surface area (TPSA) is 52.5 Å². The lowest BCUT2D eigenvalue weighted by atomic mass is 9.85. The highest BCUT2D eigenvalue weighted by atomic mass is 15.1. The molecule has 0 aliphatic rings. The first-order valence-electron chi connectivity index (χ1n) is 6.18. The fraction of sp³-hybridized carbons (Fsp3) is 0.333. The Labute approximate surface area is 107 Å². The first-order chi connectivity index (χ1) is 8.72. The van der Waals surface area contributed by atoms with E-state index in [1.165, 1.54) is 5.56 Å². The Kier molecular flexibility index (Phi) is 3.78. The van der Waals surface area contributed by atoms with Gasteiger partial charge in [0.15, 0.2) is 0 Å². The number of benzene rings is 1. The van der Waals surface area contributed by atoms with Crippen LogP contribution in [0, 0.1) is 17.2 Å². The number of rotatable bonds is 4. The van der Waals surface area contributed by atoms with E-state index in [0.29, 0.717) is 18.3 Å². The fourth-order valence-electron chi connectivity index (χ4n) is 2.19. The van der Waals surface area contributed by atoms with Gasteiger partial charge in [-0.1, -0.05) is 38.1 Å². The van der Waals surface area contributed by atoms with E-state index in [1.54, 1.807) is 0 Å². The molecule has 1 aromatic heterocycles. The highest BCUT2D eigenvalue weighted by molar-refractivity contribution is 5.62. The summed E-state index contributed by atoms with van der Waals surface area (Å²) in [5.74, 6) is 0.756. The Morgan fingerprint density at radius 3 is 2.78 bits per heavy atom. The number of H-pyrrole nitrogens is 1. The predicted molar refractivity (Wildman–Crippen MR) is 71.8 cm³/mol. The van der Waals surface area contributed by atoms with Crippen molar-refractivity contribution in [3.8, 4) is 17.2 Å². The maximum absolute atomic E-state index is 8.94. The molecule has 0 bridgehead atoms. The lowest BCUT2D eigenvalue weighted by molar-refractivity contribution is 0.506. The molecule has 1 atom stereocenters. The van der Waals surface area contributed by atoms with Gasteiger partial charge >= 0.3 is 0 Å². The monoisotopic (exact) mass is 239 g/mol. The van der Waals surface area contributed by atoms with E-state index in [4.69, 9.17) is 5.26 Å². The first kappa shape index (κ1) is 12.4. The Morgan fingerprint density at radius 1 is 1.33 bits per heavy atom. The van der Waals surface area contributed by atoms with Crippen LogP contribution in [0.1, 0.15) is 31.7 Å². The van der Waals surface area contributed by atoms with Crippen LogP contribution in [-0.4, -0.2) is 10.2 Å². The summed E-state index contributed by atoms with van der Waals surface area (Å²) in [5, 5.41) is 15.7. The maximum atomic E-state index is 8.94. The molecule has 0 radical (unpaired) electrons. The second-order valence-corrected chi connectivity index (χ2v) is 4.83. The maximum Gasteiger partial charge on any atom is 0.0628 e. The third kappa shape index (κ3) is 2.60. The average molecular weight is 239 g/mol. The molecule has 3 heteroatoms. The molecule has 2 aromatic rings. The van der Waals surface area contributed by atoms with Gasteiger partial charge in [-0.3, -0.25) is 5.10 Å². The molecule has 1 aromatic carbocycles. The smallest absolute Gasteiger partial charge is 0.0628 e. The lowest BCUT2D eigenvalue weighted by Gasteiger charge is -2.18. The molecular weight excluding hydrogens is 222 g/mol. The molecule has 18 heavy (non-hydrogen) atoms. The summed E-state index contributed by atoms with van der Waals surface area (Å²) >= 11 is 0. The predicted octanol–water partition coefficient (Wildman–Crippen LogP) is 3.73. The van der Waals surface area contributed by atoms with Crippen LogP contribution >= 0.6 is 0 Å².